The maximum absolute atomic E-state index is 11.7. The Labute approximate surface area is 130 Å². The van der Waals surface area contributed by atoms with Gasteiger partial charge in [-0.1, -0.05) is 30.3 Å². The second-order valence-corrected chi connectivity index (χ2v) is 5.00. The lowest BCUT2D eigenvalue weighted by Gasteiger charge is -2.17. The highest BCUT2D eigenvalue weighted by molar-refractivity contribution is 5.74. The first kappa shape index (κ1) is 18.0. The predicted molar refractivity (Wildman–Crippen MR) is 83.4 cm³/mol. The molecule has 6 nitrogen and oxygen atoms in total. The Bertz CT molecular complexity index is 451. The number of hydrogen-bond acceptors (Lipinski definition) is 4. The van der Waals surface area contributed by atoms with Crippen LogP contribution in [0, 0.1) is 0 Å². The molecule has 2 amide bonds. The maximum atomic E-state index is 11.7. The van der Waals surface area contributed by atoms with Gasteiger partial charge in [0.05, 0.1) is 19.8 Å². The Balaban J connectivity index is 2.20. The van der Waals surface area contributed by atoms with E-state index in [4.69, 9.17) is 0 Å². The summed E-state index contributed by atoms with van der Waals surface area (Å²) in [5.41, 5.74) is 1.06. The molecule has 0 saturated carbocycles. The fourth-order valence-electron chi connectivity index (χ4n) is 1.99. The molecular formula is C16H24N2O4. The van der Waals surface area contributed by atoms with E-state index in [9.17, 15) is 14.7 Å². The first-order chi connectivity index (χ1) is 10.7. The first-order valence-corrected chi connectivity index (χ1v) is 7.41. The van der Waals surface area contributed by atoms with Crippen LogP contribution in [-0.4, -0.2) is 43.4 Å². The van der Waals surface area contributed by atoms with Crippen LogP contribution in [0.15, 0.2) is 30.3 Å². The molecule has 1 rings (SSSR count). The molecule has 0 radical (unpaired) electrons. The molecule has 0 spiro atoms. The van der Waals surface area contributed by atoms with Gasteiger partial charge < -0.3 is 20.5 Å². The molecule has 0 saturated heterocycles. The zero-order chi connectivity index (χ0) is 16.2. The Kier molecular flexibility index (Phi) is 8.67. The van der Waals surface area contributed by atoms with Crippen molar-refractivity contribution in [2.45, 2.75) is 31.7 Å². The molecule has 3 N–H and O–H groups in total. The number of esters is 1. The smallest absolute Gasteiger partial charge is 0.315 e. The average Bonchev–Trinajstić information content (AvgIpc) is 2.54. The third kappa shape index (κ3) is 7.64. The minimum absolute atomic E-state index is 0.120. The summed E-state index contributed by atoms with van der Waals surface area (Å²) in [7, 11) is 1.36. The van der Waals surface area contributed by atoms with E-state index in [0.717, 1.165) is 5.56 Å². The summed E-state index contributed by atoms with van der Waals surface area (Å²) in [4.78, 5) is 22.6. The minimum atomic E-state index is -0.322. The summed E-state index contributed by atoms with van der Waals surface area (Å²) in [5, 5.41) is 14.8. The monoisotopic (exact) mass is 308 g/mol. The third-order valence-corrected chi connectivity index (χ3v) is 3.20. The number of hydrogen-bond donors (Lipinski definition) is 3. The molecule has 0 aliphatic heterocycles. The topological polar surface area (TPSA) is 87.7 Å². The highest BCUT2D eigenvalue weighted by Gasteiger charge is 2.11. The summed E-state index contributed by atoms with van der Waals surface area (Å²) in [5.74, 6) is -0.243. The lowest BCUT2D eigenvalue weighted by Crippen LogP contribution is -2.45. The fourth-order valence-corrected chi connectivity index (χ4v) is 1.99. The van der Waals surface area contributed by atoms with Crippen molar-refractivity contribution in [1.29, 1.82) is 0 Å². The van der Waals surface area contributed by atoms with E-state index < -0.39 is 0 Å². The summed E-state index contributed by atoms with van der Waals surface area (Å²) >= 11 is 0. The average molecular weight is 308 g/mol. The number of ether oxygens (including phenoxy) is 1. The normalized spacial score (nSPS) is 11.5. The number of unbranched alkanes of at least 4 members (excludes halogenated alkanes) is 1. The molecule has 0 bridgehead atoms. The van der Waals surface area contributed by atoms with E-state index in [1.54, 1.807) is 0 Å². The predicted octanol–water partition coefficient (Wildman–Crippen LogP) is 1.23. The van der Waals surface area contributed by atoms with Gasteiger partial charge in [-0.2, -0.15) is 0 Å². The van der Waals surface area contributed by atoms with Gasteiger partial charge in [0.2, 0.25) is 0 Å². The number of aliphatic hydroxyl groups is 1. The van der Waals surface area contributed by atoms with E-state index in [1.165, 1.54) is 7.11 Å². The van der Waals surface area contributed by atoms with Crippen LogP contribution in [0.25, 0.3) is 0 Å². The third-order valence-electron chi connectivity index (χ3n) is 3.20. The van der Waals surface area contributed by atoms with Gasteiger partial charge in [-0.05, 0) is 24.8 Å². The van der Waals surface area contributed by atoms with Crippen LogP contribution in [0.3, 0.4) is 0 Å². The highest BCUT2D eigenvalue weighted by Crippen LogP contribution is 2.03. The molecule has 0 fully saturated rings. The van der Waals surface area contributed by atoms with E-state index in [1.807, 2.05) is 30.3 Å². The lowest BCUT2D eigenvalue weighted by atomic mass is 10.1. The van der Waals surface area contributed by atoms with E-state index in [-0.39, 0.29) is 24.6 Å². The standard InChI is InChI=1S/C16H24N2O4/c1-22-15(20)9-5-6-10-17-16(21)18-14(12-19)11-13-7-3-2-4-8-13/h2-4,7-8,14,19H,5-6,9-12H2,1H3,(H2,17,18,21). The molecule has 0 aliphatic rings. The zero-order valence-electron chi connectivity index (χ0n) is 12.9. The molecule has 1 aromatic rings. The number of urea groups is 1. The van der Waals surface area contributed by atoms with Gasteiger partial charge in [0.1, 0.15) is 0 Å². The molecule has 1 atom stereocenters. The lowest BCUT2D eigenvalue weighted by molar-refractivity contribution is -0.140. The SMILES string of the molecule is COC(=O)CCCCNC(=O)NC(CO)Cc1ccccc1. The van der Waals surface area contributed by atoms with Crippen molar-refractivity contribution in [3.8, 4) is 0 Å². The molecule has 6 heteroatoms. The number of methoxy groups -OCH3 is 1. The zero-order valence-corrected chi connectivity index (χ0v) is 12.9. The summed E-state index contributed by atoms with van der Waals surface area (Å²) < 4.78 is 4.54. The Morgan fingerprint density at radius 3 is 2.59 bits per heavy atom. The number of carbonyl (C=O) groups excluding carboxylic acids is 2. The van der Waals surface area contributed by atoms with E-state index in [2.05, 4.69) is 15.4 Å². The van der Waals surface area contributed by atoms with Crippen LogP contribution < -0.4 is 10.6 Å². The number of nitrogens with one attached hydrogen (secondary N) is 2. The van der Waals surface area contributed by atoms with Crippen molar-refractivity contribution in [3.63, 3.8) is 0 Å². The molecule has 0 heterocycles. The quantitative estimate of drug-likeness (QED) is 0.473. The van der Waals surface area contributed by atoms with Crippen molar-refractivity contribution >= 4 is 12.0 Å². The minimum Gasteiger partial charge on any atom is -0.469 e. The van der Waals surface area contributed by atoms with Crippen LogP contribution in [0.5, 0.6) is 0 Å². The number of aliphatic hydroxyl groups excluding tert-OH is 1. The number of carbonyl (C=O) groups is 2. The number of amides is 2. The van der Waals surface area contributed by atoms with E-state index in [0.29, 0.717) is 32.2 Å². The van der Waals surface area contributed by atoms with Gasteiger partial charge in [-0.3, -0.25) is 4.79 Å². The summed E-state index contributed by atoms with van der Waals surface area (Å²) in [6.07, 6.45) is 2.30. The fraction of sp³-hybridized carbons (Fsp3) is 0.500. The molecule has 0 aromatic heterocycles. The van der Waals surface area contributed by atoms with Crippen LogP contribution in [0.4, 0.5) is 4.79 Å². The maximum Gasteiger partial charge on any atom is 0.315 e. The summed E-state index contributed by atoms with van der Waals surface area (Å²) in [6.45, 7) is 0.358. The molecule has 0 aliphatic carbocycles. The van der Waals surface area contributed by atoms with Crippen molar-refractivity contribution in [2.24, 2.45) is 0 Å². The van der Waals surface area contributed by atoms with Gasteiger partial charge in [0.25, 0.3) is 0 Å². The van der Waals surface area contributed by atoms with Gasteiger partial charge >= 0.3 is 12.0 Å². The molecule has 22 heavy (non-hydrogen) atoms. The van der Waals surface area contributed by atoms with Gasteiger partial charge in [-0.25, -0.2) is 4.79 Å². The molecule has 1 unspecified atom stereocenters. The second kappa shape index (κ2) is 10.6. The Hall–Kier alpha value is -2.08. The molecule has 122 valence electrons. The van der Waals surface area contributed by atoms with Crippen molar-refractivity contribution in [3.05, 3.63) is 35.9 Å². The van der Waals surface area contributed by atoms with Gasteiger partial charge in [0, 0.05) is 13.0 Å². The van der Waals surface area contributed by atoms with Crippen molar-refractivity contribution in [1.82, 2.24) is 10.6 Å². The molecule has 1 aromatic carbocycles. The number of benzene rings is 1. The van der Waals surface area contributed by atoms with Crippen molar-refractivity contribution in [2.75, 3.05) is 20.3 Å². The van der Waals surface area contributed by atoms with Crippen LogP contribution in [-0.2, 0) is 16.0 Å². The Morgan fingerprint density at radius 2 is 1.95 bits per heavy atom. The largest absolute Gasteiger partial charge is 0.469 e. The van der Waals surface area contributed by atoms with Crippen LogP contribution >= 0.6 is 0 Å². The van der Waals surface area contributed by atoms with E-state index >= 15 is 0 Å². The van der Waals surface area contributed by atoms with Gasteiger partial charge in [-0.15, -0.1) is 0 Å². The first-order valence-electron chi connectivity index (χ1n) is 7.41. The van der Waals surface area contributed by atoms with Gasteiger partial charge in [0.15, 0.2) is 0 Å². The van der Waals surface area contributed by atoms with Crippen molar-refractivity contribution < 1.29 is 19.4 Å². The van der Waals surface area contributed by atoms with Crippen LogP contribution in [0.2, 0.25) is 0 Å². The highest BCUT2D eigenvalue weighted by atomic mass is 16.5. The number of rotatable bonds is 9. The second-order valence-electron chi connectivity index (χ2n) is 5.00. The van der Waals surface area contributed by atoms with Crippen LogP contribution in [0.1, 0.15) is 24.8 Å². The Morgan fingerprint density at radius 1 is 1.23 bits per heavy atom. The molecular weight excluding hydrogens is 284 g/mol. The summed E-state index contributed by atoms with van der Waals surface area (Å²) in [6, 6.07) is 9.04.